The van der Waals surface area contributed by atoms with Crippen LogP contribution in [0.1, 0.15) is 18.9 Å². The molecule has 1 aromatic carbocycles. The van der Waals surface area contributed by atoms with Crippen molar-refractivity contribution in [3.8, 4) is 0 Å². The number of rotatable bonds is 5. The molecule has 0 saturated carbocycles. The number of aldehydes is 1. The molecule has 0 aliphatic carbocycles. The van der Waals surface area contributed by atoms with E-state index in [0.29, 0.717) is 13.0 Å². The van der Waals surface area contributed by atoms with Crippen LogP contribution in [-0.4, -0.2) is 12.4 Å². The Balaban J connectivity index is 2.30. The van der Waals surface area contributed by atoms with Gasteiger partial charge < -0.3 is 9.53 Å². The highest BCUT2D eigenvalue weighted by atomic mass is 16.5. The van der Waals surface area contributed by atoms with Gasteiger partial charge in [0, 0.05) is 6.42 Å². The van der Waals surface area contributed by atoms with Gasteiger partial charge in [0.05, 0.1) is 12.7 Å². The lowest BCUT2D eigenvalue weighted by molar-refractivity contribution is -0.110. The highest BCUT2D eigenvalue weighted by Crippen LogP contribution is 2.04. The monoisotopic (exact) mass is 178 g/mol. The fourth-order valence-electron chi connectivity index (χ4n) is 1.02. The number of carbonyl (C=O) groups is 1. The second-order valence-electron chi connectivity index (χ2n) is 3.01. The molecule has 70 valence electrons. The molecule has 0 bridgehead atoms. The Morgan fingerprint density at radius 2 is 2.08 bits per heavy atom. The number of benzene rings is 1. The van der Waals surface area contributed by atoms with Crippen molar-refractivity contribution in [2.75, 3.05) is 0 Å². The van der Waals surface area contributed by atoms with E-state index >= 15 is 0 Å². The summed E-state index contributed by atoms with van der Waals surface area (Å²) in [6, 6.07) is 9.94. The van der Waals surface area contributed by atoms with Crippen LogP contribution in [0.5, 0.6) is 0 Å². The van der Waals surface area contributed by atoms with Crippen molar-refractivity contribution in [3.05, 3.63) is 35.9 Å². The van der Waals surface area contributed by atoms with E-state index in [4.69, 9.17) is 4.74 Å². The normalized spacial score (nSPS) is 12.4. The Kier molecular flexibility index (Phi) is 4.19. The van der Waals surface area contributed by atoms with Crippen LogP contribution in [0.4, 0.5) is 0 Å². The summed E-state index contributed by atoms with van der Waals surface area (Å²) >= 11 is 0. The van der Waals surface area contributed by atoms with Gasteiger partial charge >= 0.3 is 0 Å². The summed E-state index contributed by atoms with van der Waals surface area (Å²) in [5, 5.41) is 0. The summed E-state index contributed by atoms with van der Waals surface area (Å²) in [4.78, 5) is 10.1. The van der Waals surface area contributed by atoms with Crippen LogP contribution in [0, 0.1) is 0 Å². The van der Waals surface area contributed by atoms with E-state index in [1.165, 1.54) is 0 Å². The zero-order chi connectivity index (χ0) is 9.52. The van der Waals surface area contributed by atoms with E-state index in [-0.39, 0.29) is 6.10 Å². The summed E-state index contributed by atoms with van der Waals surface area (Å²) in [7, 11) is 0. The van der Waals surface area contributed by atoms with E-state index in [0.717, 1.165) is 11.8 Å². The largest absolute Gasteiger partial charge is 0.373 e. The van der Waals surface area contributed by atoms with Crippen LogP contribution in [0.3, 0.4) is 0 Å². The summed E-state index contributed by atoms with van der Waals surface area (Å²) in [5.41, 5.74) is 1.14. The van der Waals surface area contributed by atoms with Gasteiger partial charge in [-0.2, -0.15) is 0 Å². The molecule has 0 aliphatic heterocycles. The number of carbonyl (C=O) groups excluding carboxylic acids is 1. The molecule has 0 spiro atoms. The molecular formula is C11H14O2. The molecule has 0 heterocycles. The number of ether oxygens (including phenoxy) is 1. The Hall–Kier alpha value is -1.15. The van der Waals surface area contributed by atoms with E-state index in [9.17, 15) is 4.79 Å². The van der Waals surface area contributed by atoms with Gasteiger partial charge in [-0.05, 0) is 12.5 Å². The molecule has 0 aromatic heterocycles. The number of hydrogen-bond acceptors (Lipinski definition) is 2. The quantitative estimate of drug-likeness (QED) is 0.646. The summed E-state index contributed by atoms with van der Waals surface area (Å²) < 4.78 is 5.44. The van der Waals surface area contributed by atoms with Gasteiger partial charge in [0.25, 0.3) is 0 Å². The van der Waals surface area contributed by atoms with Gasteiger partial charge in [0.1, 0.15) is 6.29 Å². The van der Waals surface area contributed by atoms with E-state index in [2.05, 4.69) is 0 Å². The first kappa shape index (κ1) is 9.93. The van der Waals surface area contributed by atoms with Crippen molar-refractivity contribution in [1.29, 1.82) is 0 Å². The topological polar surface area (TPSA) is 26.3 Å². The molecule has 0 N–H and O–H groups in total. The fraction of sp³-hybridized carbons (Fsp3) is 0.364. The first-order valence-corrected chi connectivity index (χ1v) is 4.42. The number of hydrogen-bond donors (Lipinski definition) is 0. The van der Waals surface area contributed by atoms with Crippen molar-refractivity contribution < 1.29 is 9.53 Å². The molecule has 1 rings (SSSR count). The Labute approximate surface area is 78.5 Å². The molecule has 0 fully saturated rings. The first-order chi connectivity index (χ1) is 6.33. The molecule has 0 unspecified atom stereocenters. The molecule has 2 nitrogen and oxygen atoms in total. The van der Waals surface area contributed by atoms with Gasteiger partial charge in [0.2, 0.25) is 0 Å². The second kappa shape index (κ2) is 5.49. The minimum absolute atomic E-state index is 0.0118. The van der Waals surface area contributed by atoms with Gasteiger partial charge in [0.15, 0.2) is 0 Å². The maximum atomic E-state index is 10.1. The smallest absolute Gasteiger partial charge is 0.122 e. The fourth-order valence-corrected chi connectivity index (χ4v) is 1.02. The molecule has 1 atom stereocenters. The third-order valence-corrected chi connectivity index (χ3v) is 1.81. The van der Waals surface area contributed by atoms with Gasteiger partial charge in [-0.1, -0.05) is 30.3 Å². The Bertz CT molecular complexity index is 244. The predicted octanol–water partition coefficient (Wildman–Crippen LogP) is 2.18. The summed E-state index contributed by atoms with van der Waals surface area (Å²) in [5.74, 6) is 0. The predicted molar refractivity (Wildman–Crippen MR) is 51.4 cm³/mol. The molecule has 0 radical (unpaired) electrons. The lowest BCUT2D eigenvalue weighted by atomic mass is 10.2. The highest BCUT2D eigenvalue weighted by molar-refractivity contribution is 5.49. The molecule has 1 aromatic rings. The van der Waals surface area contributed by atoms with Crippen LogP contribution in [0.2, 0.25) is 0 Å². The van der Waals surface area contributed by atoms with Gasteiger partial charge in [-0.15, -0.1) is 0 Å². The van der Waals surface area contributed by atoms with Gasteiger partial charge in [-0.25, -0.2) is 0 Å². The van der Waals surface area contributed by atoms with Crippen LogP contribution in [0.15, 0.2) is 30.3 Å². The lowest BCUT2D eigenvalue weighted by Gasteiger charge is -2.09. The van der Waals surface area contributed by atoms with Crippen molar-refractivity contribution in [3.63, 3.8) is 0 Å². The Morgan fingerprint density at radius 3 is 2.69 bits per heavy atom. The van der Waals surface area contributed by atoms with E-state index in [1.54, 1.807) is 0 Å². The minimum atomic E-state index is 0.0118. The molecule has 0 aliphatic rings. The zero-order valence-electron chi connectivity index (χ0n) is 7.77. The summed E-state index contributed by atoms with van der Waals surface area (Å²) in [6.07, 6.45) is 1.36. The van der Waals surface area contributed by atoms with Crippen LogP contribution < -0.4 is 0 Å². The van der Waals surface area contributed by atoms with Crippen molar-refractivity contribution in [2.24, 2.45) is 0 Å². The third-order valence-electron chi connectivity index (χ3n) is 1.81. The van der Waals surface area contributed by atoms with Gasteiger partial charge in [-0.3, -0.25) is 0 Å². The van der Waals surface area contributed by atoms with E-state index < -0.39 is 0 Å². The molecule has 0 saturated heterocycles. The lowest BCUT2D eigenvalue weighted by Crippen LogP contribution is -2.08. The minimum Gasteiger partial charge on any atom is -0.373 e. The van der Waals surface area contributed by atoms with E-state index in [1.807, 2.05) is 37.3 Å². The Morgan fingerprint density at radius 1 is 1.38 bits per heavy atom. The maximum Gasteiger partial charge on any atom is 0.122 e. The first-order valence-electron chi connectivity index (χ1n) is 4.42. The average molecular weight is 178 g/mol. The molecular weight excluding hydrogens is 164 g/mol. The molecule has 13 heavy (non-hydrogen) atoms. The maximum absolute atomic E-state index is 10.1. The summed E-state index contributed by atoms with van der Waals surface area (Å²) in [6.45, 7) is 2.48. The van der Waals surface area contributed by atoms with Crippen LogP contribution >= 0.6 is 0 Å². The van der Waals surface area contributed by atoms with Crippen LogP contribution in [-0.2, 0) is 16.1 Å². The zero-order valence-corrected chi connectivity index (χ0v) is 7.77. The highest BCUT2D eigenvalue weighted by Gasteiger charge is 2.00. The third kappa shape index (κ3) is 3.85. The second-order valence-corrected chi connectivity index (χ2v) is 3.01. The van der Waals surface area contributed by atoms with Crippen molar-refractivity contribution in [1.82, 2.24) is 0 Å². The van der Waals surface area contributed by atoms with Crippen LogP contribution in [0.25, 0.3) is 0 Å². The standard InChI is InChI=1S/C11H14O2/c1-10(7-8-12)13-9-11-5-3-2-4-6-11/h2-6,8,10H,7,9H2,1H3/t10-/m0/s1. The molecule has 2 heteroatoms. The SMILES string of the molecule is C[C@@H](CC=O)OCc1ccccc1. The average Bonchev–Trinajstić information content (AvgIpc) is 2.17. The van der Waals surface area contributed by atoms with Crippen molar-refractivity contribution in [2.45, 2.75) is 26.1 Å². The van der Waals surface area contributed by atoms with Crippen molar-refractivity contribution >= 4 is 6.29 Å². The molecule has 0 amide bonds.